The Morgan fingerprint density at radius 3 is 2.37 bits per heavy atom. The predicted molar refractivity (Wildman–Crippen MR) is 109 cm³/mol. The number of anilines is 1. The van der Waals surface area contributed by atoms with Crippen LogP contribution < -0.4 is 15.4 Å². The Bertz CT molecular complexity index is 944. The number of aryl methyl sites for hydroxylation is 1. The minimum absolute atomic E-state index is 0.413. The number of hydrogen-bond acceptors (Lipinski definition) is 3. The highest BCUT2D eigenvalue weighted by molar-refractivity contribution is 6.30. The third-order valence-electron chi connectivity index (χ3n) is 4.36. The second-order valence-electron chi connectivity index (χ2n) is 6.33. The average molecular weight is 381 g/mol. The zero-order valence-electron chi connectivity index (χ0n) is 15.2. The van der Waals surface area contributed by atoms with E-state index in [1.165, 1.54) is 0 Å². The van der Waals surface area contributed by atoms with Crippen LogP contribution >= 0.6 is 11.6 Å². The van der Waals surface area contributed by atoms with Crippen LogP contribution in [0.3, 0.4) is 0 Å². The Labute approximate surface area is 164 Å². The molecule has 0 aromatic heterocycles. The number of amides is 1. The summed E-state index contributed by atoms with van der Waals surface area (Å²) in [5.41, 5.74) is 8.42. The number of hydrogen-bond donors (Lipinski definition) is 1. The van der Waals surface area contributed by atoms with Crippen molar-refractivity contribution in [2.75, 3.05) is 11.9 Å². The van der Waals surface area contributed by atoms with Gasteiger partial charge in [0.1, 0.15) is 17.5 Å². The van der Waals surface area contributed by atoms with Gasteiger partial charge in [-0.1, -0.05) is 54.1 Å². The van der Waals surface area contributed by atoms with Crippen molar-refractivity contribution in [3.8, 4) is 11.5 Å². The first-order chi connectivity index (χ1) is 13.0. The molecule has 0 unspecified atom stereocenters. The van der Waals surface area contributed by atoms with Crippen LogP contribution in [0.1, 0.15) is 17.2 Å². The molecule has 1 atom stereocenters. The molecular weight excluding hydrogens is 360 g/mol. The van der Waals surface area contributed by atoms with Crippen molar-refractivity contribution in [1.82, 2.24) is 0 Å². The molecule has 3 aromatic rings. The van der Waals surface area contributed by atoms with Crippen molar-refractivity contribution in [3.05, 3.63) is 88.9 Å². The number of likely N-dealkylation sites (N-methyl/N-ethyl adjacent to an activating group) is 1. The zero-order chi connectivity index (χ0) is 19.4. The fraction of sp³-hybridized carbons (Fsp3) is 0.136. The second kappa shape index (κ2) is 8.14. The summed E-state index contributed by atoms with van der Waals surface area (Å²) in [4.78, 5) is 14.0. The van der Waals surface area contributed by atoms with Crippen molar-refractivity contribution in [2.24, 2.45) is 5.73 Å². The summed E-state index contributed by atoms with van der Waals surface area (Å²) in [7, 11) is 1.86. The van der Waals surface area contributed by atoms with Gasteiger partial charge in [-0.2, -0.15) is 0 Å². The van der Waals surface area contributed by atoms with E-state index in [0.717, 1.165) is 16.8 Å². The Balaban J connectivity index is 1.94. The summed E-state index contributed by atoms with van der Waals surface area (Å²) in [6, 6.07) is 21.9. The Morgan fingerprint density at radius 2 is 1.70 bits per heavy atom. The third kappa shape index (κ3) is 4.41. The fourth-order valence-electron chi connectivity index (χ4n) is 3.05. The number of carbonyl (C=O) groups is 1. The quantitative estimate of drug-likeness (QED) is 0.647. The molecule has 0 saturated carbocycles. The monoisotopic (exact) mass is 380 g/mol. The molecule has 0 aliphatic heterocycles. The van der Waals surface area contributed by atoms with Crippen molar-refractivity contribution < 1.29 is 9.53 Å². The lowest BCUT2D eigenvalue weighted by Gasteiger charge is -2.29. The maximum absolute atomic E-state index is 12.2. The SMILES string of the molecule is Cc1ccc(Oc2cccc(Cl)c2)cc1N(C)[C@@H](C(N)=O)c1ccccc1. The molecule has 0 heterocycles. The van der Waals surface area contributed by atoms with Gasteiger partial charge in [-0.05, 0) is 42.3 Å². The van der Waals surface area contributed by atoms with E-state index in [9.17, 15) is 4.79 Å². The fourth-order valence-corrected chi connectivity index (χ4v) is 3.23. The number of carbonyl (C=O) groups excluding carboxylic acids is 1. The molecule has 3 aromatic carbocycles. The molecule has 0 fully saturated rings. The van der Waals surface area contributed by atoms with Crippen LogP contribution in [0.2, 0.25) is 5.02 Å². The summed E-state index contributed by atoms with van der Waals surface area (Å²) in [5.74, 6) is 0.889. The Kier molecular flexibility index (Phi) is 5.67. The molecule has 5 heteroatoms. The number of primary amides is 1. The van der Waals surface area contributed by atoms with Gasteiger partial charge in [-0.15, -0.1) is 0 Å². The molecule has 27 heavy (non-hydrogen) atoms. The van der Waals surface area contributed by atoms with E-state index in [4.69, 9.17) is 22.1 Å². The van der Waals surface area contributed by atoms with Gasteiger partial charge in [0.15, 0.2) is 0 Å². The molecule has 0 saturated heterocycles. The lowest BCUT2D eigenvalue weighted by Crippen LogP contribution is -2.35. The molecule has 4 nitrogen and oxygen atoms in total. The Hall–Kier alpha value is -2.98. The van der Waals surface area contributed by atoms with Crippen molar-refractivity contribution >= 4 is 23.2 Å². The highest BCUT2D eigenvalue weighted by Gasteiger charge is 2.24. The number of benzene rings is 3. The van der Waals surface area contributed by atoms with E-state index in [2.05, 4.69) is 0 Å². The summed E-state index contributed by atoms with van der Waals surface area (Å²) < 4.78 is 5.92. The molecule has 138 valence electrons. The normalized spacial score (nSPS) is 11.7. The number of halogens is 1. The highest BCUT2D eigenvalue weighted by Crippen LogP contribution is 2.33. The van der Waals surface area contributed by atoms with E-state index < -0.39 is 11.9 Å². The topological polar surface area (TPSA) is 55.6 Å². The predicted octanol–water partition coefficient (Wildman–Crippen LogP) is 5.10. The average Bonchev–Trinajstić information content (AvgIpc) is 2.64. The molecule has 3 rings (SSSR count). The van der Waals surface area contributed by atoms with Crippen LogP contribution in [0.5, 0.6) is 11.5 Å². The number of nitrogens with zero attached hydrogens (tertiary/aromatic N) is 1. The van der Waals surface area contributed by atoms with E-state index in [1.54, 1.807) is 12.1 Å². The minimum atomic E-state index is -0.577. The van der Waals surface area contributed by atoms with Crippen molar-refractivity contribution in [2.45, 2.75) is 13.0 Å². The molecule has 0 aliphatic rings. The minimum Gasteiger partial charge on any atom is -0.457 e. The van der Waals surface area contributed by atoms with Gasteiger partial charge >= 0.3 is 0 Å². The molecule has 2 N–H and O–H groups in total. The first kappa shape index (κ1) is 18.8. The van der Waals surface area contributed by atoms with Gasteiger partial charge in [-0.3, -0.25) is 4.79 Å². The van der Waals surface area contributed by atoms with Crippen LogP contribution in [-0.2, 0) is 4.79 Å². The van der Waals surface area contributed by atoms with Gasteiger partial charge < -0.3 is 15.4 Å². The van der Waals surface area contributed by atoms with Crippen LogP contribution in [0.4, 0.5) is 5.69 Å². The van der Waals surface area contributed by atoms with Gasteiger partial charge in [0.05, 0.1) is 0 Å². The number of rotatable bonds is 6. The zero-order valence-corrected chi connectivity index (χ0v) is 16.0. The van der Waals surface area contributed by atoms with Crippen LogP contribution in [0, 0.1) is 6.92 Å². The van der Waals surface area contributed by atoms with Crippen molar-refractivity contribution in [1.29, 1.82) is 0 Å². The van der Waals surface area contributed by atoms with Crippen LogP contribution in [-0.4, -0.2) is 13.0 Å². The number of ether oxygens (including phenoxy) is 1. The first-order valence-electron chi connectivity index (χ1n) is 8.57. The smallest absolute Gasteiger partial charge is 0.244 e. The van der Waals surface area contributed by atoms with Gasteiger partial charge in [0.2, 0.25) is 5.91 Å². The van der Waals surface area contributed by atoms with Crippen LogP contribution in [0.25, 0.3) is 0 Å². The molecule has 0 spiro atoms. The molecule has 1 amide bonds. The third-order valence-corrected chi connectivity index (χ3v) is 4.60. The highest BCUT2D eigenvalue weighted by atomic mass is 35.5. The van der Waals surface area contributed by atoms with Gasteiger partial charge in [0, 0.05) is 23.8 Å². The molecule has 0 aliphatic carbocycles. The van der Waals surface area contributed by atoms with E-state index >= 15 is 0 Å². The van der Waals surface area contributed by atoms with E-state index in [-0.39, 0.29) is 0 Å². The second-order valence-corrected chi connectivity index (χ2v) is 6.77. The van der Waals surface area contributed by atoms with Crippen molar-refractivity contribution in [3.63, 3.8) is 0 Å². The van der Waals surface area contributed by atoms with Gasteiger partial charge in [-0.25, -0.2) is 0 Å². The molecule has 0 radical (unpaired) electrons. The standard InChI is InChI=1S/C22H21ClN2O2/c1-15-11-12-19(27-18-10-6-9-17(23)13-18)14-20(15)25(2)21(22(24)26)16-7-4-3-5-8-16/h3-14,21H,1-2H3,(H2,24,26)/t21-/m1/s1. The summed E-state index contributed by atoms with van der Waals surface area (Å²) in [6.45, 7) is 1.98. The molecule has 0 bridgehead atoms. The van der Waals surface area contributed by atoms with E-state index in [1.807, 2.05) is 79.5 Å². The molecular formula is C22H21ClN2O2. The maximum Gasteiger partial charge on any atom is 0.244 e. The number of nitrogens with two attached hydrogens (primary N) is 1. The largest absolute Gasteiger partial charge is 0.457 e. The summed E-state index contributed by atoms with van der Waals surface area (Å²) in [5, 5.41) is 0.606. The Morgan fingerprint density at radius 1 is 1.00 bits per heavy atom. The lowest BCUT2D eigenvalue weighted by molar-refractivity contribution is -0.119. The van der Waals surface area contributed by atoms with E-state index in [0.29, 0.717) is 16.5 Å². The maximum atomic E-state index is 12.2. The first-order valence-corrected chi connectivity index (χ1v) is 8.94. The summed E-state index contributed by atoms with van der Waals surface area (Å²) >= 11 is 6.02. The van der Waals surface area contributed by atoms with Crippen LogP contribution in [0.15, 0.2) is 72.8 Å². The lowest BCUT2D eigenvalue weighted by atomic mass is 10.0. The van der Waals surface area contributed by atoms with Gasteiger partial charge in [0.25, 0.3) is 0 Å². The summed E-state index contributed by atoms with van der Waals surface area (Å²) in [6.07, 6.45) is 0.